The minimum atomic E-state index is -0.456. The van der Waals surface area contributed by atoms with E-state index in [2.05, 4.69) is 21.2 Å². The van der Waals surface area contributed by atoms with Gasteiger partial charge in [0.2, 0.25) is 5.91 Å². The number of halogens is 1. The van der Waals surface area contributed by atoms with E-state index >= 15 is 0 Å². The lowest BCUT2D eigenvalue weighted by atomic mass is 9.97. The van der Waals surface area contributed by atoms with Gasteiger partial charge in [0.05, 0.1) is 29.4 Å². The molecule has 30 heavy (non-hydrogen) atoms. The molecule has 3 amide bonds. The Morgan fingerprint density at radius 2 is 1.97 bits per heavy atom. The first-order chi connectivity index (χ1) is 14.3. The van der Waals surface area contributed by atoms with E-state index in [0.717, 1.165) is 16.7 Å². The monoisotopic (exact) mass is 409 g/mol. The fraction of sp³-hybridized carbons (Fsp3) is 0.143. The molecule has 1 aromatic heterocycles. The number of aromatic nitrogens is 1. The van der Waals surface area contributed by atoms with Gasteiger partial charge in [-0.1, -0.05) is 6.07 Å². The van der Waals surface area contributed by atoms with Crippen LogP contribution in [0.4, 0.5) is 4.39 Å². The van der Waals surface area contributed by atoms with E-state index in [9.17, 15) is 18.8 Å². The highest BCUT2D eigenvalue weighted by Crippen LogP contribution is 2.27. The van der Waals surface area contributed by atoms with Gasteiger partial charge in [0.1, 0.15) is 11.6 Å². The highest BCUT2D eigenvalue weighted by atomic mass is 19.1. The normalized spacial score (nSPS) is 15.1. The zero-order valence-electron chi connectivity index (χ0n) is 16.2. The molecule has 0 unspecified atom stereocenters. The van der Waals surface area contributed by atoms with E-state index in [4.69, 9.17) is 0 Å². The van der Waals surface area contributed by atoms with Crippen LogP contribution in [0.2, 0.25) is 0 Å². The second-order valence-corrected chi connectivity index (χ2v) is 7.04. The number of nitrogens with one attached hydrogen (secondary N) is 3. The Morgan fingerprint density at radius 1 is 1.17 bits per heavy atom. The number of carbonyl (C=O) groups is 3. The summed E-state index contributed by atoms with van der Waals surface area (Å²) in [5, 5.41) is 2.70. The van der Waals surface area contributed by atoms with Gasteiger partial charge >= 0.3 is 0 Å². The Kier molecular flexibility index (Phi) is 4.78. The smallest absolute Gasteiger partial charge is 0.261 e. The number of allylic oxidation sites excluding steroid dienone is 2. The molecular formula is C21H20FN5O3. The first-order valence-electron chi connectivity index (χ1n) is 9.14. The second kappa shape index (κ2) is 7.43. The topological polar surface area (TPSA) is 103 Å². The molecule has 0 spiro atoms. The average molecular weight is 409 g/mol. The molecule has 0 saturated carbocycles. The molecule has 2 aliphatic heterocycles. The zero-order chi connectivity index (χ0) is 21.4. The quantitative estimate of drug-likeness (QED) is 0.664. The van der Waals surface area contributed by atoms with Crippen molar-refractivity contribution in [1.82, 2.24) is 26.1 Å². The Labute approximate surface area is 172 Å². The second-order valence-electron chi connectivity index (χ2n) is 7.04. The van der Waals surface area contributed by atoms with E-state index in [0.29, 0.717) is 28.2 Å². The number of carbonyl (C=O) groups excluding carboxylic acids is 3. The van der Waals surface area contributed by atoms with Crippen LogP contribution in [0.1, 0.15) is 38.8 Å². The molecule has 2 aromatic rings. The Morgan fingerprint density at radius 3 is 2.67 bits per heavy atom. The van der Waals surface area contributed by atoms with E-state index in [1.807, 2.05) is 0 Å². The fourth-order valence-corrected chi connectivity index (χ4v) is 3.42. The van der Waals surface area contributed by atoms with Gasteiger partial charge in [0.15, 0.2) is 0 Å². The van der Waals surface area contributed by atoms with Crippen molar-refractivity contribution in [2.24, 2.45) is 0 Å². The van der Waals surface area contributed by atoms with Crippen molar-refractivity contribution >= 4 is 23.4 Å². The molecule has 4 rings (SSSR count). The third-order valence-electron chi connectivity index (χ3n) is 4.81. The fourth-order valence-electron chi connectivity index (χ4n) is 3.42. The van der Waals surface area contributed by atoms with Crippen LogP contribution in [0.3, 0.4) is 0 Å². The third kappa shape index (κ3) is 3.52. The summed E-state index contributed by atoms with van der Waals surface area (Å²) in [5.74, 6) is -1.21. The lowest BCUT2D eigenvalue weighted by Crippen LogP contribution is -2.41. The molecule has 1 aromatic carbocycles. The molecule has 0 saturated heterocycles. The lowest BCUT2D eigenvalue weighted by molar-refractivity contribution is -0.119. The molecule has 0 aliphatic carbocycles. The summed E-state index contributed by atoms with van der Waals surface area (Å²) in [6.07, 6.45) is 5.84. The van der Waals surface area contributed by atoms with Gasteiger partial charge in [-0.3, -0.25) is 35.1 Å². The van der Waals surface area contributed by atoms with E-state index in [1.165, 1.54) is 19.3 Å². The van der Waals surface area contributed by atoms with Crippen LogP contribution in [0, 0.1) is 12.7 Å². The Bertz CT molecular complexity index is 1160. The predicted octanol–water partition coefficient (Wildman–Crippen LogP) is 1.65. The van der Waals surface area contributed by atoms with E-state index < -0.39 is 11.7 Å². The van der Waals surface area contributed by atoms with Gasteiger partial charge in [-0.2, -0.15) is 0 Å². The number of hydrogen-bond acceptors (Lipinski definition) is 6. The first kappa shape index (κ1) is 19.3. The maximum atomic E-state index is 13.3. The summed E-state index contributed by atoms with van der Waals surface area (Å²) in [4.78, 5) is 42.0. The van der Waals surface area contributed by atoms with E-state index in [1.54, 1.807) is 31.2 Å². The molecule has 154 valence electrons. The van der Waals surface area contributed by atoms with Crippen LogP contribution in [0.5, 0.6) is 0 Å². The molecule has 3 heterocycles. The van der Waals surface area contributed by atoms with Gasteiger partial charge in [0.25, 0.3) is 11.8 Å². The maximum absolute atomic E-state index is 13.3. The molecule has 8 nitrogen and oxygen atoms in total. The molecule has 2 aliphatic rings. The van der Waals surface area contributed by atoms with Crippen molar-refractivity contribution in [3.8, 4) is 0 Å². The number of hydrazine groups is 1. The predicted molar refractivity (Wildman–Crippen MR) is 108 cm³/mol. The average Bonchev–Trinajstić information content (AvgIpc) is 2.92. The van der Waals surface area contributed by atoms with Gasteiger partial charge in [0, 0.05) is 20.2 Å². The van der Waals surface area contributed by atoms with Crippen molar-refractivity contribution < 1.29 is 20.2 Å². The molecule has 0 bridgehead atoms. The molecule has 3 N–H and O–H groups in total. The third-order valence-corrected chi connectivity index (χ3v) is 4.81. The first-order valence-corrected chi connectivity index (χ1v) is 9.14. The minimum absolute atomic E-state index is 0. The maximum Gasteiger partial charge on any atom is 0.261 e. The molecular weight excluding hydrogens is 389 g/mol. The van der Waals surface area contributed by atoms with E-state index in [-0.39, 0.29) is 25.2 Å². The number of amides is 3. The molecule has 0 fully saturated rings. The number of nitrogens with zero attached hydrogens (tertiary/aromatic N) is 2. The summed E-state index contributed by atoms with van der Waals surface area (Å²) in [6, 6.07) is 4.72. The summed E-state index contributed by atoms with van der Waals surface area (Å²) in [5.41, 5.74) is 8.70. The van der Waals surface area contributed by atoms with Crippen molar-refractivity contribution in [3.63, 3.8) is 0 Å². The number of fused-ring (bicyclic) bond motifs is 1. The number of aryl methyl sites for hydroxylation is 1. The van der Waals surface area contributed by atoms with Crippen molar-refractivity contribution in [3.05, 3.63) is 82.2 Å². The van der Waals surface area contributed by atoms with Crippen molar-refractivity contribution in [2.45, 2.75) is 13.3 Å². The van der Waals surface area contributed by atoms with Gasteiger partial charge in [-0.25, -0.2) is 4.39 Å². The SMILES string of the molecule is Cc1cc(CC(=O)NC2=CC=C(c3cncc(F)c3)NN2)c2c(c1)C(=O)N(C)C2=O.[HH]. The van der Waals surface area contributed by atoms with Crippen LogP contribution < -0.4 is 16.2 Å². The summed E-state index contributed by atoms with van der Waals surface area (Å²) in [6.45, 7) is 1.81. The van der Waals surface area contributed by atoms with Crippen LogP contribution >= 0.6 is 0 Å². The highest BCUT2D eigenvalue weighted by Gasteiger charge is 2.35. The van der Waals surface area contributed by atoms with Crippen LogP contribution in [0.15, 0.2) is 48.6 Å². The van der Waals surface area contributed by atoms with Crippen molar-refractivity contribution in [1.29, 1.82) is 0 Å². The molecule has 9 heteroatoms. The number of hydrogen-bond donors (Lipinski definition) is 3. The zero-order valence-corrected chi connectivity index (χ0v) is 16.2. The van der Waals surface area contributed by atoms with Crippen LogP contribution in [-0.2, 0) is 11.2 Å². The number of pyridine rings is 1. The summed E-state index contributed by atoms with van der Waals surface area (Å²) < 4.78 is 13.3. The van der Waals surface area contributed by atoms with Gasteiger partial charge in [-0.05, 0) is 42.3 Å². The van der Waals surface area contributed by atoms with Crippen LogP contribution in [-0.4, -0.2) is 34.7 Å². The summed E-state index contributed by atoms with van der Waals surface area (Å²) >= 11 is 0. The minimum Gasteiger partial charge on any atom is -0.311 e. The van der Waals surface area contributed by atoms with Crippen molar-refractivity contribution in [2.75, 3.05) is 7.05 Å². The standard InChI is InChI=1S/C21H18FN5O3.H2/c1-11-5-12(19-15(6-11)20(29)27(2)21(19)30)8-18(28)24-17-4-3-16(25-26-17)13-7-14(22)10-23-9-13;/h3-7,9-10,25-26H,8H2,1-2H3,(H,24,28);1H. The Balaban J connectivity index is 0.00000272. The molecule has 0 atom stereocenters. The number of rotatable bonds is 4. The summed E-state index contributed by atoms with van der Waals surface area (Å²) in [7, 11) is 1.42. The van der Waals surface area contributed by atoms with Gasteiger partial charge in [-0.15, -0.1) is 0 Å². The van der Waals surface area contributed by atoms with Gasteiger partial charge < -0.3 is 5.32 Å². The van der Waals surface area contributed by atoms with Crippen LogP contribution in [0.25, 0.3) is 5.70 Å². The largest absolute Gasteiger partial charge is 0.311 e. The molecule has 0 radical (unpaired) electrons. The highest BCUT2D eigenvalue weighted by molar-refractivity contribution is 6.22. The Hall–Kier alpha value is -4.01. The number of benzene rings is 1. The lowest BCUT2D eigenvalue weighted by Gasteiger charge is -2.20. The number of imide groups is 1.